The molecule has 9 heteroatoms. The fourth-order valence-corrected chi connectivity index (χ4v) is 0. The van der Waals surface area contributed by atoms with Crippen molar-refractivity contribution >= 4 is 54.1 Å². The fraction of sp³-hybridized carbons (Fsp3) is 0.500. The minimum atomic E-state index is -4.67. The summed E-state index contributed by atoms with van der Waals surface area (Å²) in [5.74, 6) is -0.833. The number of aliphatic carboxylic acids is 1. The second kappa shape index (κ2) is 11.1. The van der Waals surface area contributed by atoms with Crippen LogP contribution >= 0.6 is 0 Å². The molecule has 0 atom stereocenters. The van der Waals surface area contributed by atoms with Gasteiger partial charge in [0.2, 0.25) is 0 Å². The molecule has 0 fully saturated rings. The molecule has 0 aliphatic heterocycles. The van der Waals surface area contributed by atoms with Gasteiger partial charge in [-0.3, -0.25) is 13.9 Å². The molecule has 0 aliphatic rings. The minimum Gasteiger partial charge on any atom is 0 e. The van der Waals surface area contributed by atoms with Gasteiger partial charge in [-0.25, -0.2) is 0 Å². The maximum Gasteiger partial charge on any atom is 0 e. The molecule has 0 spiro atoms. The molecule has 0 aromatic heterocycles. The fourth-order valence-electron chi connectivity index (χ4n) is 0. The molecular formula is C2H8CaFeO6S. The average molecular weight is 256 g/mol. The number of carboxylic acids is 1. The van der Waals surface area contributed by atoms with Gasteiger partial charge < -0.3 is 5.11 Å². The van der Waals surface area contributed by atoms with E-state index in [4.69, 9.17) is 27.4 Å². The van der Waals surface area contributed by atoms with Gasteiger partial charge in [0.25, 0.3) is 5.97 Å². The Morgan fingerprint density at radius 3 is 1.27 bits per heavy atom. The van der Waals surface area contributed by atoms with E-state index in [1.165, 1.54) is 0 Å². The van der Waals surface area contributed by atoms with Crippen molar-refractivity contribution in [3.8, 4) is 0 Å². The molecule has 0 amide bonds. The van der Waals surface area contributed by atoms with Gasteiger partial charge in [-0.1, -0.05) is 0 Å². The Morgan fingerprint density at radius 2 is 1.27 bits per heavy atom. The molecule has 0 bridgehead atoms. The first kappa shape index (κ1) is 22.7. The van der Waals surface area contributed by atoms with Crippen molar-refractivity contribution in [3.63, 3.8) is 0 Å². The van der Waals surface area contributed by atoms with Gasteiger partial charge in [0, 0.05) is 24.0 Å². The van der Waals surface area contributed by atoms with Crippen molar-refractivity contribution in [2.24, 2.45) is 0 Å². The van der Waals surface area contributed by atoms with Crippen LogP contribution in [-0.2, 0) is 32.3 Å². The molecule has 11 heavy (non-hydrogen) atoms. The van der Waals surface area contributed by atoms with Crippen molar-refractivity contribution in [1.29, 1.82) is 0 Å². The Kier molecular flexibility index (Phi) is 23.0. The number of rotatable bonds is 0. The normalized spacial score (nSPS) is 7.55. The first-order valence-corrected chi connectivity index (χ1v) is 3.02. The number of carboxylic acid groups (broad SMARTS) is 1. The van der Waals surface area contributed by atoms with Gasteiger partial charge in [0.15, 0.2) is 0 Å². The van der Waals surface area contributed by atoms with Crippen molar-refractivity contribution < 1.29 is 44.5 Å². The summed E-state index contributed by atoms with van der Waals surface area (Å²) in [5, 5.41) is 7.42. The molecule has 0 radical (unpaired) electrons. The van der Waals surface area contributed by atoms with Gasteiger partial charge in [-0.15, -0.1) is 0 Å². The zero-order chi connectivity index (χ0) is 8.08. The van der Waals surface area contributed by atoms with E-state index >= 15 is 0 Å². The van der Waals surface area contributed by atoms with E-state index in [1.54, 1.807) is 0 Å². The molecule has 6 nitrogen and oxygen atoms in total. The number of carbonyl (C=O) groups is 1. The van der Waals surface area contributed by atoms with E-state index in [9.17, 15) is 0 Å². The molecule has 0 saturated carbocycles. The molecule has 0 aliphatic carbocycles. The predicted molar refractivity (Wildman–Crippen MR) is 36.0 cm³/mol. The molecule has 0 aromatic rings. The zero-order valence-corrected chi connectivity index (χ0v) is 6.75. The van der Waals surface area contributed by atoms with Crippen LogP contribution in [0.2, 0.25) is 0 Å². The van der Waals surface area contributed by atoms with Crippen molar-refractivity contribution in [2.75, 3.05) is 0 Å². The van der Waals surface area contributed by atoms with Crippen LogP contribution in [-0.4, -0.2) is 66.3 Å². The maximum absolute atomic E-state index is 9.00. The van der Waals surface area contributed by atoms with E-state index < -0.39 is 16.4 Å². The molecule has 0 aromatic carbocycles. The monoisotopic (exact) mass is 256 g/mol. The number of hydrogen-bond donors (Lipinski definition) is 3. The molecule has 0 rings (SSSR count). The van der Waals surface area contributed by atoms with Crippen LogP contribution in [0.1, 0.15) is 6.92 Å². The van der Waals surface area contributed by atoms with Gasteiger partial charge in [-0.05, 0) is 0 Å². The summed E-state index contributed by atoms with van der Waals surface area (Å²) in [6, 6.07) is 0. The van der Waals surface area contributed by atoms with Crippen LogP contribution in [0, 0.1) is 0 Å². The summed E-state index contributed by atoms with van der Waals surface area (Å²) in [4.78, 5) is 9.00. The van der Waals surface area contributed by atoms with Crippen molar-refractivity contribution in [2.45, 2.75) is 6.92 Å². The van der Waals surface area contributed by atoms with Crippen LogP contribution in [0.3, 0.4) is 0 Å². The first-order chi connectivity index (χ1) is 3.73. The molecule has 0 heterocycles. The Balaban J connectivity index is -0.0000000383. The summed E-state index contributed by atoms with van der Waals surface area (Å²) >= 11 is 0. The summed E-state index contributed by atoms with van der Waals surface area (Å²) in [5.41, 5.74) is 0. The molecule has 3 N–H and O–H groups in total. The van der Waals surface area contributed by atoms with Gasteiger partial charge in [-0.2, -0.15) is 8.42 Å². The SMILES string of the molecule is CC(=O)O.O=S(=O)(O)O.[CaH2].[Fe]. The third-order valence-corrected chi connectivity index (χ3v) is 0. The molecular weight excluding hydrogens is 248 g/mol. The van der Waals surface area contributed by atoms with Crippen LogP contribution in [0.5, 0.6) is 0 Å². The van der Waals surface area contributed by atoms with Crippen LogP contribution in [0.15, 0.2) is 0 Å². The maximum atomic E-state index is 9.00. The third-order valence-electron chi connectivity index (χ3n) is 0. The third kappa shape index (κ3) is 738. The van der Waals surface area contributed by atoms with E-state index in [0.29, 0.717) is 0 Å². The van der Waals surface area contributed by atoms with Gasteiger partial charge >= 0.3 is 48.1 Å². The molecule has 0 unspecified atom stereocenters. The first-order valence-electron chi connectivity index (χ1n) is 1.63. The van der Waals surface area contributed by atoms with Crippen LogP contribution < -0.4 is 0 Å². The second-order valence-electron chi connectivity index (χ2n) is 0.967. The summed E-state index contributed by atoms with van der Waals surface area (Å²) in [6.07, 6.45) is 0. The summed E-state index contributed by atoms with van der Waals surface area (Å²) < 4.78 is 31.6. The predicted octanol–water partition coefficient (Wildman–Crippen LogP) is -1.48. The Morgan fingerprint density at radius 1 is 1.27 bits per heavy atom. The van der Waals surface area contributed by atoms with Gasteiger partial charge in [0.1, 0.15) is 0 Å². The van der Waals surface area contributed by atoms with Crippen LogP contribution in [0.4, 0.5) is 0 Å². The van der Waals surface area contributed by atoms with E-state index in [0.717, 1.165) is 6.92 Å². The zero-order valence-electron chi connectivity index (χ0n) is 4.83. The largest absolute Gasteiger partial charge is 0 e. The van der Waals surface area contributed by atoms with Crippen molar-refractivity contribution in [1.82, 2.24) is 0 Å². The summed E-state index contributed by atoms with van der Waals surface area (Å²) in [6.45, 7) is 1.08. The quantitative estimate of drug-likeness (QED) is 0.360. The van der Waals surface area contributed by atoms with E-state index in [2.05, 4.69) is 0 Å². The van der Waals surface area contributed by atoms with E-state index in [-0.39, 0.29) is 54.8 Å². The molecule has 68 valence electrons. The topological polar surface area (TPSA) is 112 Å². The smallest absolute Gasteiger partial charge is 0 e. The van der Waals surface area contributed by atoms with Gasteiger partial charge in [0.05, 0.1) is 0 Å². The average Bonchev–Trinajstić information content (AvgIpc) is 1.19. The summed E-state index contributed by atoms with van der Waals surface area (Å²) in [7, 11) is -4.67. The number of hydrogen-bond acceptors (Lipinski definition) is 3. The second-order valence-corrected chi connectivity index (χ2v) is 1.86. The molecule has 0 saturated heterocycles. The Labute approximate surface area is 104 Å². The van der Waals surface area contributed by atoms with E-state index in [1.807, 2.05) is 0 Å². The standard InChI is InChI=1S/C2H4O2.Ca.Fe.H2O4S.2H/c1-2(3)4;;;1-5(2,3)4;;/h1H3,(H,3,4);;;(H2,1,2,3,4);;. The minimum absolute atomic E-state index is 0. The Bertz CT molecular complexity index is 163. The van der Waals surface area contributed by atoms with Crippen molar-refractivity contribution in [3.05, 3.63) is 0 Å². The Hall–Kier alpha value is 1.12. The van der Waals surface area contributed by atoms with Crippen LogP contribution in [0.25, 0.3) is 0 Å².